The number of ether oxygens (including phenoxy) is 2. The number of ketones is 1. The average molecular weight is 445 g/mol. The van der Waals surface area contributed by atoms with E-state index in [-0.39, 0.29) is 34.9 Å². The number of carbonyl (C=O) groups excluding carboxylic acids is 3. The number of allylic oxidation sites excluding steroid dienone is 1. The van der Waals surface area contributed by atoms with Gasteiger partial charge in [-0.05, 0) is 69.9 Å². The van der Waals surface area contributed by atoms with Crippen LogP contribution in [0.1, 0.15) is 67.2 Å². The molecular formula is C26H36O6. The van der Waals surface area contributed by atoms with Gasteiger partial charge in [-0.15, -0.1) is 0 Å². The van der Waals surface area contributed by atoms with Crippen molar-refractivity contribution in [1.29, 1.82) is 0 Å². The van der Waals surface area contributed by atoms with Crippen molar-refractivity contribution in [1.82, 2.24) is 0 Å². The normalized spacial score (nSPS) is 43.0. The van der Waals surface area contributed by atoms with Crippen molar-refractivity contribution in [2.45, 2.75) is 85.5 Å². The Morgan fingerprint density at radius 3 is 2.44 bits per heavy atom. The van der Waals surface area contributed by atoms with E-state index >= 15 is 0 Å². The minimum Gasteiger partial charge on any atom is -0.454 e. The molecule has 8 atom stereocenters. The summed E-state index contributed by atoms with van der Waals surface area (Å²) in [7, 11) is 0. The van der Waals surface area contributed by atoms with Gasteiger partial charge < -0.3 is 14.6 Å². The van der Waals surface area contributed by atoms with E-state index in [2.05, 4.69) is 13.0 Å². The Kier molecular flexibility index (Phi) is 5.47. The zero-order valence-corrected chi connectivity index (χ0v) is 20.0. The molecule has 0 spiro atoms. The van der Waals surface area contributed by atoms with Gasteiger partial charge in [-0.1, -0.05) is 25.5 Å². The van der Waals surface area contributed by atoms with Crippen molar-refractivity contribution in [3.63, 3.8) is 0 Å². The van der Waals surface area contributed by atoms with Crippen LogP contribution in [0.5, 0.6) is 0 Å². The van der Waals surface area contributed by atoms with Gasteiger partial charge in [0.1, 0.15) is 6.10 Å². The fourth-order valence-corrected chi connectivity index (χ4v) is 6.77. The summed E-state index contributed by atoms with van der Waals surface area (Å²) in [5.74, 6) is -0.596. The van der Waals surface area contributed by atoms with Crippen molar-refractivity contribution < 1.29 is 29.0 Å². The SMILES string of the molecule is CC(=O)OC1C(=O)CC2C3C(O)CC4=C[C@@H](OC(=O)C(C)(C)C)C=C[C@]4(C)C3CC[C@]12C. The van der Waals surface area contributed by atoms with E-state index in [9.17, 15) is 19.5 Å². The predicted octanol–water partition coefficient (Wildman–Crippen LogP) is 3.76. The molecule has 32 heavy (non-hydrogen) atoms. The fourth-order valence-electron chi connectivity index (χ4n) is 6.77. The van der Waals surface area contributed by atoms with Gasteiger partial charge in [-0.25, -0.2) is 0 Å². The molecule has 0 heterocycles. The lowest BCUT2D eigenvalue weighted by Crippen LogP contribution is -2.55. The number of aliphatic hydroxyl groups is 1. The Balaban J connectivity index is 1.60. The number of Topliss-reactive ketones (excluding diaryl/α,β-unsaturated/α-hetero) is 1. The van der Waals surface area contributed by atoms with Gasteiger partial charge in [0.2, 0.25) is 0 Å². The molecule has 3 fully saturated rings. The maximum absolute atomic E-state index is 12.8. The van der Waals surface area contributed by atoms with Crippen LogP contribution in [0, 0.1) is 34.0 Å². The molecule has 0 radical (unpaired) electrons. The molecule has 0 aromatic rings. The summed E-state index contributed by atoms with van der Waals surface area (Å²) < 4.78 is 11.2. The van der Waals surface area contributed by atoms with Crippen LogP contribution < -0.4 is 0 Å². The summed E-state index contributed by atoms with van der Waals surface area (Å²) in [4.78, 5) is 36.8. The molecule has 6 nitrogen and oxygen atoms in total. The number of aliphatic hydroxyl groups excluding tert-OH is 1. The number of fused-ring (bicyclic) bond motifs is 5. The third-order valence-corrected chi connectivity index (χ3v) is 8.56. The van der Waals surface area contributed by atoms with E-state index in [4.69, 9.17) is 9.47 Å². The number of rotatable bonds is 2. The summed E-state index contributed by atoms with van der Waals surface area (Å²) in [5, 5.41) is 11.3. The lowest BCUT2D eigenvalue weighted by molar-refractivity contribution is -0.163. The second kappa shape index (κ2) is 7.54. The molecule has 0 bridgehead atoms. The molecule has 6 heteroatoms. The molecule has 1 N–H and O–H groups in total. The summed E-state index contributed by atoms with van der Waals surface area (Å²) in [6.45, 7) is 11.1. The monoisotopic (exact) mass is 444 g/mol. The third-order valence-electron chi connectivity index (χ3n) is 8.56. The van der Waals surface area contributed by atoms with Crippen molar-refractivity contribution in [2.24, 2.45) is 34.0 Å². The zero-order chi connectivity index (χ0) is 23.6. The molecule has 4 rings (SSSR count). The van der Waals surface area contributed by atoms with Crippen LogP contribution in [0.4, 0.5) is 0 Å². The fraction of sp³-hybridized carbons (Fsp3) is 0.731. The first-order valence-electron chi connectivity index (χ1n) is 11.8. The second-order valence-electron chi connectivity index (χ2n) is 11.7. The molecule has 4 aliphatic rings. The molecule has 4 aliphatic carbocycles. The summed E-state index contributed by atoms with van der Waals surface area (Å²) in [6, 6.07) is 0. The van der Waals surface area contributed by atoms with Crippen molar-refractivity contribution in [3.8, 4) is 0 Å². The van der Waals surface area contributed by atoms with Gasteiger partial charge in [-0.2, -0.15) is 0 Å². The van der Waals surface area contributed by atoms with Crippen LogP contribution in [0.2, 0.25) is 0 Å². The maximum atomic E-state index is 12.8. The Labute approximate surface area is 190 Å². The summed E-state index contributed by atoms with van der Waals surface area (Å²) in [6.07, 6.45) is 6.82. The lowest BCUT2D eigenvalue weighted by Gasteiger charge is -2.58. The first-order valence-corrected chi connectivity index (χ1v) is 11.8. The van der Waals surface area contributed by atoms with Crippen LogP contribution in [0.3, 0.4) is 0 Å². The molecule has 0 amide bonds. The highest BCUT2D eigenvalue weighted by molar-refractivity contribution is 5.89. The standard InChI is InChI=1S/C26H36O6/c1-14(27)31-22-20(29)13-18-21-17(8-10-26(18,22)6)25(5)9-7-16(11-15(25)12-19(21)28)32-23(30)24(2,3)4/h7,9,11,16-19,21-22,28H,8,10,12-13H2,1-6H3/t16-,17?,18?,19?,21?,22?,25-,26-/m0/s1. The highest BCUT2D eigenvalue weighted by Gasteiger charge is 2.64. The number of hydrogen-bond acceptors (Lipinski definition) is 6. The van der Waals surface area contributed by atoms with E-state index < -0.39 is 35.1 Å². The zero-order valence-electron chi connectivity index (χ0n) is 20.0. The summed E-state index contributed by atoms with van der Waals surface area (Å²) in [5.41, 5.74) is -0.166. The van der Waals surface area contributed by atoms with Crippen LogP contribution in [0.15, 0.2) is 23.8 Å². The quantitative estimate of drug-likeness (QED) is 0.515. The molecule has 0 aromatic carbocycles. The van der Waals surface area contributed by atoms with Gasteiger partial charge in [0.15, 0.2) is 11.9 Å². The van der Waals surface area contributed by atoms with Crippen molar-refractivity contribution in [2.75, 3.05) is 0 Å². The van der Waals surface area contributed by atoms with Gasteiger partial charge in [0, 0.05) is 24.2 Å². The van der Waals surface area contributed by atoms with E-state index in [0.29, 0.717) is 12.8 Å². The van der Waals surface area contributed by atoms with Gasteiger partial charge >= 0.3 is 11.9 Å². The maximum Gasteiger partial charge on any atom is 0.312 e. The van der Waals surface area contributed by atoms with E-state index in [0.717, 1.165) is 18.4 Å². The third kappa shape index (κ3) is 3.55. The largest absolute Gasteiger partial charge is 0.454 e. The van der Waals surface area contributed by atoms with E-state index in [1.165, 1.54) is 6.92 Å². The molecule has 176 valence electrons. The van der Waals surface area contributed by atoms with Gasteiger partial charge in [0.05, 0.1) is 11.5 Å². The number of hydrogen-bond donors (Lipinski definition) is 1. The molecule has 3 saturated carbocycles. The van der Waals surface area contributed by atoms with Gasteiger partial charge in [0.25, 0.3) is 0 Å². The molecule has 0 aliphatic heterocycles. The first kappa shape index (κ1) is 23.2. The number of carbonyl (C=O) groups is 3. The van der Waals surface area contributed by atoms with Crippen LogP contribution in [0.25, 0.3) is 0 Å². The number of esters is 2. The molecular weight excluding hydrogens is 408 g/mol. The van der Waals surface area contributed by atoms with Crippen LogP contribution in [-0.4, -0.2) is 41.1 Å². The van der Waals surface area contributed by atoms with Crippen LogP contribution in [-0.2, 0) is 23.9 Å². The first-order chi connectivity index (χ1) is 14.8. The Bertz CT molecular complexity index is 894. The molecule has 0 aromatic heterocycles. The van der Waals surface area contributed by atoms with Crippen molar-refractivity contribution >= 4 is 17.7 Å². The Hall–Kier alpha value is -1.95. The Morgan fingerprint density at radius 1 is 1.12 bits per heavy atom. The average Bonchev–Trinajstić information content (AvgIpc) is 2.92. The lowest BCUT2D eigenvalue weighted by atomic mass is 9.47. The molecule has 5 unspecified atom stereocenters. The highest BCUT2D eigenvalue weighted by atomic mass is 16.5. The molecule has 0 saturated heterocycles. The topological polar surface area (TPSA) is 89.9 Å². The van der Waals surface area contributed by atoms with Gasteiger partial charge in [-0.3, -0.25) is 14.4 Å². The van der Waals surface area contributed by atoms with E-state index in [1.54, 1.807) is 0 Å². The van der Waals surface area contributed by atoms with Crippen LogP contribution >= 0.6 is 0 Å². The van der Waals surface area contributed by atoms with E-state index in [1.807, 2.05) is 39.8 Å². The minimum absolute atomic E-state index is 0.0173. The summed E-state index contributed by atoms with van der Waals surface area (Å²) >= 11 is 0. The second-order valence-corrected chi connectivity index (χ2v) is 11.7. The predicted molar refractivity (Wildman–Crippen MR) is 118 cm³/mol. The Morgan fingerprint density at radius 2 is 1.81 bits per heavy atom. The van der Waals surface area contributed by atoms with Crippen molar-refractivity contribution in [3.05, 3.63) is 23.8 Å². The smallest absolute Gasteiger partial charge is 0.312 e. The highest BCUT2D eigenvalue weighted by Crippen LogP contribution is 2.64. The minimum atomic E-state index is -0.717.